The molecule has 0 amide bonds. The highest BCUT2D eigenvalue weighted by molar-refractivity contribution is 5.83. The number of benzene rings is 3. The van der Waals surface area contributed by atoms with Crippen LogP contribution in [0, 0.1) is 30.2 Å². The maximum absolute atomic E-state index is 15.3. The molecule has 3 aromatic carbocycles. The number of hydrogen-bond donors (Lipinski definition) is 1. The first-order chi connectivity index (χ1) is 16.6. The molecule has 0 radical (unpaired) electrons. The molecule has 3 nitrogen and oxygen atoms in total. The third-order valence-corrected chi connectivity index (χ3v) is 6.30. The Morgan fingerprint density at radius 1 is 0.943 bits per heavy atom. The summed E-state index contributed by atoms with van der Waals surface area (Å²) < 4.78 is 88.9. The smallest absolute Gasteiger partial charge is 0.260 e. The largest absolute Gasteiger partial charge is 0.342 e. The summed E-state index contributed by atoms with van der Waals surface area (Å²) in [5.41, 5.74) is -0.518. The fourth-order valence-corrected chi connectivity index (χ4v) is 4.74. The van der Waals surface area contributed by atoms with Crippen molar-refractivity contribution in [2.75, 3.05) is 13.1 Å². The van der Waals surface area contributed by atoms with Gasteiger partial charge >= 0.3 is 0 Å². The molecule has 1 saturated heterocycles. The lowest BCUT2D eigenvalue weighted by Gasteiger charge is -2.32. The zero-order valence-corrected chi connectivity index (χ0v) is 18.7. The molecule has 1 aromatic heterocycles. The van der Waals surface area contributed by atoms with Crippen molar-refractivity contribution in [1.29, 1.82) is 0 Å². The normalized spacial score (nSPS) is 16.2. The predicted octanol–water partition coefficient (Wildman–Crippen LogP) is 6.99. The van der Waals surface area contributed by atoms with Gasteiger partial charge in [0.2, 0.25) is 0 Å². The van der Waals surface area contributed by atoms with Crippen LogP contribution in [-0.4, -0.2) is 33.9 Å². The maximum atomic E-state index is 15.3. The lowest BCUT2D eigenvalue weighted by Crippen LogP contribution is -2.42. The van der Waals surface area contributed by atoms with Crippen molar-refractivity contribution < 1.29 is 26.3 Å². The van der Waals surface area contributed by atoms with Gasteiger partial charge in [-0.05, 0) is 48.7 Å². The van der Waals surface area contributed by atoms with E-state index in [0.29, 0.717) is 29.0 Å². The molecule has 0 aliphatic carbocycles. The molecule has 0 spiro atoms. The molecule has 1 aliphatic heterocycles. The summed E-state index contributed by atoms with van der Waals surface area (Å²) in [5, 5.41) is 0. The van der Waals surface area contributed by atoms with Crippen LogP contribution < -0.4 is 0 Å². The molecule has 1 N–H and O–H groups in total. The number of aromatic nitrogens is 2. The van der Waals surface area contributed by atoms with E-state index in [4.69, 9.17) is 0 Å². The van der Waals surface area contributed by atoms with Crippen LogP contribution in [-0.2, 0) is 6.54 Å². The van der Waals surface area contributed by atoms with Gasteiger partial charge in [-0.1, -0.05) is 30.3 Å². The zero-order chi connectivity index (χ0) is 24.9. The van der Waals surface area contributed by atoms with E-state index in [-0.39, 0.29) is 30.5 Å². The Hall–Kier alpha value is -3.33. The Bertz CT molecular complexity index is 1400. The highest BCUT2D eigenvalue weighted by Gasteiger charge is 2.35. The van der Waals surface area contributed by atoms with Crippen molar-refractivity contribution in [2.24, 2.45) is 0 Å². The Morgan fingerprint density at radius 2 is 1.63 bits per heavy atom. The highest BCUT2D eigenvalue weighted by Crippen LogP contribution is 2.39. The topological polar surface area (TPSA) is 31.9 Å². The third kappa shape index (κ3) is 4.29. The third-order valence-electron chi connectivity index (χ3n) is 6.30. The van der Waals surface area contributed by atoms with Crippen molar-refractivity contribution in [2.45, 2.75) is 32.2 Å². The minimum Gasteiger partial charge on any atom is -0.342 e. The van der Waals surface area contributed by atoms with Gasteiger partial charge in [0.1, 0.15) is 5.82 Å². The first-order valence-electron chi connectivity index (χ1n) is 11.2. The molecule has 5 rings (SSSR count). The van der Waals surface area contributed by atoms with E-state index in [1.54, 1.807) is 13.0 Å². The second kappa shape index (κ2) is 8.71. The number of aromatic amines is 1. The maximum Gasteiger partial charge on any atom is 0.260 e. The Morgan fingerprint density at radius 3 is 2.34 bits per heavy atom. The summed E-state index contributed by atoms with van der Waals surface area (Å²) in [6, 6.07) is 10.1. The Labute approximate surface area is 197 Å². The molecule has 2 heterocycles. The van der Waals surface area contributed by atoms with Crippen molar-refractivity contribution in [3.8, 4) is 22.3 Å². The number of halogens is 6. The fraction of sp³-hybridized carbons (Fsp3) is 0.269. The van der Waals surface area contributed by atoms with Crippen LogP contribution in [0.1, 0.15) is 24.2 Å². The van der Waals surface area contributed by atoms with Crippen LogP contribution in [0.25, 0.3) is 33.3 Å². The summed E-state index contributed by atoms with van der Waals surface area (Å²) in [6.45, 7) is 1.55. The lowest BCUT2D eigenvalue weighted by atomic mass is 9.93. The van der Waals surface area contributed by atoms with Gasteiger partial charge in [0.15, 0.2) is 23.3 Å². The fourth-order valence-electron chi connectivity index (χ4n) is 4.74. The molecule has 0 bridgehead atoms. The number of aryl methyl sites for hydroxylation is 1. The van der Waals surface area contributed by atoms with E-state index >= 15 is 17.6 Å². The lowest BCUT2D eigenvalue weighted by molar-refractivity contribution is -0.0660. The van der Waals surface area contributed by atoms with Crippen LogP contribution in [0.2, 0.25) is 0 Å². The molecular weight excluding hydrogens is 468 g/mol. The monoisotopic (exact) mass is 489 g/mol. The molecule has 9 heteroatoms. The van der Waals surface area contributed by atoms with Gasteiger partial charge in [-0.15, -0.1) is 0 Å². The van der Waals surface area contributed by atoms with Gasteiger partial charge < -0.3 is 4.98 Å². The van der Waals surface area contributed by atoms with E-state index < -0.39 is 46.9 Å². The first kappa shape index (κ1) is 23.4. The second-order valence-electron chi connectivity index (χ2n) is 8.89. The minimum absolute atomic E-state index is 0.0362. The zero-order valence-electron chi connectivity index (χ0n) is 18.7. The van der Waals surface area contributed by atoms with Gasteiger partial charge in [0.05, 0.1) is 28.7 Å². The molecule has 4 aromatic rings. The van der Waals surface area contributed by atoms with Gasteiger partial charge in [0.25, 0.3) is 5.92 Å². The number of imidazole rings is 1. The molecule has 35 heavy (non-hydrogen) atoms. The molecule has 182 valence electrons. The van der Waals surface area contributed by atoms with Gasteiger partial charge in [0, 0.05) is 13.0 Å². The molecular formula is C26H21F6N3. The van der Waals surface area contributed by atoms with Crippen LogP contribution >= 0.6 is 0 Å². The number of nitrogens with zero attached hydrogens (tertiary/aromatic N) is 2. The number of nitrogens with one attached hydrogen (secondary N) is 1. The summed E-state index contributed by atoms with van der Waals surface area (Å²) in [5.74, 6) is -8.44. The SMILES string of the molecule is Cc1nc2ccc(-c3c(F)c(F)c(-c4ccccc4CN4CCCC(F)(F)C4)c(F)c3F)cc2[nH]1. The van der Waals surface area contributed by atoms with Crippen LogP contribution in [0.5, 0.6) is 0 Å². The number of rotatable bonds is 4. The standard InChI is InChI=1S/C26H21F6N3/c1-14-33-18-8-7-15(11-19(18)34-14)20-22(27)24(29)21(25(30)23(20)28)17-6-3-2-5-16(17)12-35-10-4-9-26(31,32)13-35/h2-3,5-8,11H,4,9-10,12-13H2,1H3,(H,33,34). The molecule has 0 atom stereocenters. The van der Waals surface area contributed by atoms with Crippen molar-refractivity contribution in [3.63, 3.8) is 0 Å². The molecule has 0 saturated carbocycles. The predicted molar refractivity (Wildman–Crippen MR) is 121 cm³/mol. The first-order valence-corrected chi connectivity index (χ1v) is 11.2. The quantitative estimate of drug-likeness (QED) is 0.247. The van der Waals surface area contributed by atoms with E-state index in [1.165, 1.54) is 41.3 Å². The summed E-state index contributed by atoms with van der Waals surface area (Å²) in [4.78, 5) is 8.60. The molecule has 1 fully saturated rings. The minimum atomic E-state index is -2.86. The average Bonchev–Trinajstić information content (AvgIpc) is 3.18. The van der Waals surface area contributed by atoms with Gasteiger partial charge in [-0.3, -0.25) is 4.90 Å². The van der Waals surface area contributed by atoms with E-state index in [0.717, 1.165) is 0 Å². The van der Waals surface area contributed by atoms with Crippen molar-refractivity contribution in [1.82, 2.24) is 14.9 Å². The second-order valence-corrected chi connectivity index (χ2v) is 8.89. The average molecular weight is 489 g/mol. The number of alkyl halides is 2. The van der Waals surface area contributed by atoms with E-state index in [1.807, 2.05) is 0 Å². The van der Waals surface area contributed by atoms with Crippen molar-refractivity contribution in [3.05, 3.63) is 77.1 Å². The number of likely N-dealkylation sites (tertiary alicyclic amines) is 1. The summed E-state index contributed by atoms with van der Waals surface area (Å²) >= 11 is 0. The molecule has 1 aliphatic rings. The molecule has 0 unspecified atom stereocenters. The summed E-state index contributed by atoms with van der Waals surface area (Å²) in [7, 11) is 0. The van der Waals surface area contributed by atoms with Gasteiger partial charge in [-0.2, -0.15) is 0 Å². The van der Waals surface area contributed by atoms with Gasteiger partial charge in [-0.25, -0.2) is 31.3 Å². The van der Waals surface area contributed by atoms with Crippen LogP contribution in [0.3, 0.4) is 0 Å². The highest BCUT2D eigenvalue weighted by atomic mass is 19.3. The number of H-pyrrole nitrogens is 1. The Balaban J connectivity index is 1.59. The number of piperidine rings is 1. The van der Waals surface area contributed by atoms with E-state index in [2.05, 4.69) is 9.97 Å². The Kier molecular flexibility index (Phi) is 5.83. The van der Waals surface area contributed by atoms with Crippen LogP contribution in [0.15, 0.2) is 42.5 Å². The van der Waals surface area contributed by atoms with Crippen molar-refractivity contribution >= 4 is 11.0 Å². The van der Waals surface area contributed by atoms with E-state index in [9.17, 15) is 8.78 Å². The summed E-state index contributed by atoms with van der Waals surface area (Å²) in [6.07, 6.45) is 0.0479. The number of fused-ring (bicyclic) bond motifs is 1. The number of hydrogen-bond acceptors (Lipinski definition) is 2. The van der Waals surface area contributed by atoms with Crippen LogP contribution in [0.4, 0.5) is 26.3 Å².